The van der Waals surface area contributed by atoms with Gasteiger partial charge in [0.15, 0.2) is 0 Å². The number of hydrogen-bond acceptors (Lipinski definition) is 2. The molecular weight excluding hydrogens is 222 g/mol. The van der Waals surface area contributed by atoms with Crippen molar-refractivity contribution in [1.82, 2.24) is 5.32 Å². The highest BCUT2D eigenvalue weighted by atomic mass is 16.5. The average molecular weight is 249 g/mol. The van der Waals surface area contributed by atoms with E-state index in [-0.39, 0.29) is 0 Å². The highest BCUT2D eigenvalue weighted by Gasteiger charge is 2.17. The molecule has 0 saturated heterocycles. The molecule has 0 radical (unpaired) electrons. The summed E-state index contributed by atoms with van der Waals surface area (Å²) >= 11 is 0. The van der Waals surface area contributed by atoms with E-state index in [1.165, 1.54) is 17.5 Å². The summed E-state index contributed by atoms with van der Waals surface area (Å²) in [6, 6.07) is 8.89. The Labute approximate surface area is 112 Å². The molecule has 102 valence electrons. The minimum Gasteiger partial charge on any atom is -0.383 e. The second-order valence-electron chi connectivity index (χ2n) is 5.10. The van der Waals surface area contributed by atoms with Crippen LogP contribution in [0.15, 0.2) is 24.3 Å². The number of methoxy groups -OCH3 is 1. The van der Waals surface area contributed by atoms with Crippen molar-refractivity contribution in [3.05, 3.63) is 35.4 Å². The lowest BCUT2D eigenvalue weighted by Crippen LogP contribution is -2.28. The lowest BCUT2D eigenvalue weighted by Gasteiger charge is -2.24. The van der Waals surface area contributed by atoms with Crippen LogP contribution in [0.3, 0.4) is 0 Å². The molecule has 0 bridgehead atoms. The Morgan fingerprint density at radius 1 is 1.33 bits per heavy atom. The summed E-state index contributed by atoms with van der Waals surface area (Å²) in [4.78, 5) is 0. The van der Waals surface area contributed by atoms with Crippen molar-refractivity contribution in [2.24, 2.45) is 5.92 Å². The maximum Gasteiger partial charge on any atom is 0.0587 e. The fourth-order valence-electron chi connectivity index (χ4n) is 2.26. The highest BCUT2D eigenvalue weighted by molar-refractivity contribution is 5.26. The number of ether oxygens (including phenoxy) is 1. The molecule has 2 nitrogen and oxygen atoms in total. The van der Waals surface area contributed by atoms with Crippen LogP contribution < -0.4 is 5.32 Å². The van der Waals surface area contributed by atoms with Gasteiger partial charge in [-0.25, -0.2) is 0 Å². The summed E-state index contributed by atoms with van der Waals surface area (Å²) < 4.78 is 5.07. The standard InChI is InChI=1S/C16H27NO/c1-5-14(3)16(12-17-9-10-18-4)15-8-6-7-13(2)11-15/h6-8,11,14,16-17H,5,9-10,12H2,1-4H3. The zero-order valence-electron chi connectivity index (χ0n) is 12.2. The summed E-state index contributed by atoms with van der Waals surface area (Å²) in [6.45, 7) is 9.50. The smallest absolute Gasteiger partial charge is 0.0587 e. The fourth-order valence-corrected chi connectivity index (χ4v) is 2.26. The van der Waals surface area contributed by atoms with Crippen LogP contribution in [0.5, 0.6) is 0 Å². The summed E-state index contributed by atoms with van der Waals surface area (Å²) in [6.07, 6.45) is 1.21. The molecule has 0 fully saturated rings. The van der Waals surface area contributed by atoms with Gasteiger partial charge >= 0.3 is 0 Å². The predicted octanol–water partition coefficient (Wildman–Crippen LogP) is 3.36. The fraction of sp³-hybridized carbons (Fsp3) is 0.625. The zero-order valence-corrected chi connectivity index (χ0v) is 12.2. The van der Waals surface area contributed by atoms with Gasteiger partial charge in [-0.3, -0.25) is 0 Å². The normalized spacial score (nSPS) is 14.4. The summed E-state index contributed by atoms with van der Waals surface area (Å²) in [5, 5.41) is 3.49. The molecule has 0 saturated carbocycles. The van der Waals surface area contributed by atoms with Gasteiger partial charge in [0, 0.05) is 20.2 Å². The van der Waals surface area contributed by atoms with Crippen molar-refractivity contribution in [1.29, 1.82) is 0 Å². The van der Waals surface area contributed by atoms with Crippen LogP contribution in [0, 0.1) is 12.8 Å². The van der Waals surface area contributed by atoms with Crippen LogP contribution in [0.1, 0.15) is 37.3 Å². The summed E-state index contributed by atoms with van der Waals surface area (Å²) in [5.74, 6) is 1.29. The van der Waals surface area contributed by atoms with E-state index in [2.05, 4.69) is 50.4 Å². The van der Waals surface area contributed by atoms with Gasteiger partial charge in [0.25, 0.3) is 0 Å². The van der Waals surface area contributed by atoms with Crippen LogP contribution >= 0.6 is 0 Å². The summed E-state index contributed by atoms with van der Waals surface area (Å²) in [7, 11) is 1.74. The van der Waals surface area contributed by atoms with Gasteiger partial charge in [-0.2, -0.15) is 0 Å². The van der Waals surface area contributed by atoms with E-state index in [0.29, 0.717) is 11.8 Å². The first-order chi connectivity index (χ1) is 8.69. The van der Waals surface area contributed by atoms with Crippen LogP contribution in [0.2, 0.25) is 0 Å². The minimum atomic E-state index is 0.590. The van der Waals surface area contributed by atoms with Gasteiger partial charge in [0.05, 0.1) is 6.61 Å². The third-order valence-electron chi connectivity index (χ3n) is 3.65. The van der Waals surface area contributed by atoms with E-state index in [0.717, 1.165) is 19.7 Å². The molecule has 0 aromatic heterocycles. The van der Waals surface area contributed by atoms with Gasteiger partial charge in [0.1, 0.15) is 0 Å². The molecule has 18 heavy (non-hydrogen) atoms. The zero-order chi connectivity index (χ0) is 13.4. The first-order valence-electron chi connectivity index (χ1n) is 6.95. The molecule has 0 aliphatic heterocycles. The van der Waals surface area contributed by atoms with Crippen LogP contribution in [-0.2, 0) is 4.74 Å². The van der Waals surface area contributed by atoms with Crippen molar-refractivity contribution in [2.75, 3.05) is 26.8 Å². The van der Waals surface area contributed by atoms with E-state index in [1.54, 1.807) is 7.11 Å². The molecule has 1 aromatic rings. The summed E-state index contributed by atoms with van der Waals surface area (Å²) in [5.41, 5.74) is 2.80. The van der Waals surface area contributed by atoms with E-state index >= 15 is 0 Å². The monoisotopic (exact) mass is 249 g/mol. The Balaban J connectivity index is 2.66. The Morgan fingerprint density at radius 3 is 2.72 bits per heavy atom. The topological polar surface area (TPSA) is 21.3 Å². The Kier molecular flexibility index (Phi) is 6.99. The molecule has 2 unspecified atom stereocenters. The molecule has 0 heterocycles. The number of hydrogen-bond donors (Lipinski definition) is 1. The quantitative estimate of drug-likeness (QED) is 0.713. The molecule has 0 aliphatic carbocycles. The number of benzene rings is 1. The molecule has 2 heteroatoms. The highest BCUT2D eigenvalue weighted by Crippen LogP contribution is 2.26. The van der Waals surface area contributed by atoms with Gasteiger partial charge in [-0.1, -0.05) is 50.1 Å². The van der Waals surface area contributed by atoms with Crippen molar-refractivity contribution in [2.45, 2.75) is 33.1 Å². The van der Waals surface area contributed by atoms with Crippen molar-refractivity contribution in [3.8, 4) is 0 Å². The number of aryl methyl sites for hydroxylation is 1. The van der Waals surface area contributed by atoms with E-state index < -0.39 is 0 Å². The second kappa shape index (κ2) is 8.28. The number of rotatable bonds is 8. The first kappa shape index (κ1) is 15.2. The Hall–Kier alpha value is -0.860. The number of nitrogens with one attached hydrogen (secondary N) is 1. The molecule has 1 aromatic carbocycles. The molecule has 0 aliphatic rings. The molecule has 1 N–H and O–H groups in total. The first-order valence-corrected chi connectivity index (χ1v) is 6.95. The van der Waals surface area contributed by atoms with Crippen LogP contribution in [-0.4, -0.2) is 26.8 Å². The maximum absolute atomic E-state index is 5.07. The van der Waals surface area contributed by atoms with E-state index in [9.17, 15) is 0 Å². The van der Waals surface area contributed by atoms with Crippen molar-refractivity contribution >= 4 is 0 Å². The maximum atomic E-state index is 5.07. The van der Waals surface area contributed by atoms with Crippen molar-refractivity contribution in [3.63, 3.8) is 0 Å². The van der Waals surface area contributed by atoms with Crippen LogP contribution in [0.25, 0.3) is 0 Å². The van der Waals surface area contributed by atoms with E-state index in [4.69, 9.17) is 4.74 Å². The third kappa shape index (κ3) is 4.79. The van der Waals surface area contributed by atoms with Gasteiger partial charge in [0.2, 0.25) is 0 Å². The van der Waals surface area contributed by atoms with Gasteiger partial charge in [-0.15, -0.1) is 0 Å². The molecular formula is C16H27NO. The largest absolute Gasteiger partial charge is 0.383 e. The molecule has 2 atom stereocenters. The SMILES string of the molecule is CCC(C)C(CNCCOC)c1cccc(C)c1. The van der Waals surface area contributed by atoms with Gasteiger partial charge in [-0.05, 0) is 24.3 Å². The van der Waals surface area contributed by atoms with Crippen molar-refractivity contribution < 1.29 is 4.74 Å². The molecule has 0 spiro atoms. The Bertz CT molecular complexity index is 338. The second-order valence-corrected chi connectivity index (χ2v) is 5.10. The molecule has 1 rings (SSSR count). The Morgan fingerprint density at radius 2 is 2.11 bits per heavy atom. The van der Waals surface area contributed by atoms with E-state index in [1.807, 2.05) is 0 Å². The average Bonchev–Trinajstić information content (AvgIpc) is 2.38. The lowest BCUT2D eigenvalue weighted by atomic mass is 9.85. The van der Waals surface area contributed by atoms with Crippen LogP contribution in [0.4, 0.5) is 0 Å². The van der Waals surface area contributed by atoms with Gasteiger partial charge < -0.3 is 10.1 Å². The molecule has 0 amide bonds. The predicted molar refractivity (Wildman–Crippen MR) is 78.1 cm³/mol. The lowest BCUT2D eigenvalue weighted by molar-refractivity contribution is 0.198. The minimum absolute atomic E-state index is 0.590. The third-order valence-corrected chi connectivity index (χ3v) is 3.65.